The number of ether oxygens (including phenoxy) is 1. The van der Waals surface area contributed by atoms with Crippen LogP contribution < -0.4 is 4.74 Å². The van der Waals surface area contributed by atoms with Gasteiger partial charge in [-0.3, -0.25) is 4.79 Å². The Bertz CT molecular complexity index is 446. The van der Waals surface area contributed by atoms with Gasteiger partial charge in [-0.25, -0.2) is 9.18 Å². The molecule has 1 rings (SSSR count). The molecule has 0 radical (unpaired) electrons. The van der Waals surface area contributed by atoms with Crippen LogP contribution >= 0.6 is 0 Å². The third-order valence-corrected chi connectivity index (χ3v) is 2.71. The first-order chi connectivity index (χ1) is 8.95. The molecular weight excluding hydrogens is 253 g/mol. The van der Waals surface area contributed by atoms with Crippen LogP contribution in [0.2, 0.25) is 0 Å². The standard InChI is InChI=1S/C13H16FNO4/c1-3-11(13(17)18)15(2)12(16)8-19-10-6-4-9(14)5-7-10/h4-7,11H,3,8H2,1-2H3,(H,17,18). The number of benzene rings is 1. The molecule has 1 aromatic rings. The molecule has 19 heavy (non-hydrogen) atoms. The summed E-state index contributed by atoms with van der Waals surface area (Å²) in [6.07, 6.45) is 0.314. The molecular formula is C13H16FNO4. The topological polar surface area (TPSA) is 66.8 Å². The van der Waals surface area contributed by atoms with E-state index < -0.39 is 23.7 Å². The maximum Gasteiger partial charge on any atom is 0.326 e. The second-order valence-electron chi connectivity index (χ2n) is 4.01. The fourth-order valence-corrected chi connectivity index (χ4v) is 1.57. The van der Waals surface area contributed by atoms with E-state index in [-0.39, 0.29) is 6.61 Å². The zero-order valence-electron chi connectivity index (χ0n) is 10.8. The Morgan fingerprint density at radius 3 is 2.42 bits per heavy atom. The second kappa shape index (κ2) is 6.72. The van der Waals surface area contributed by atoms with E-state index >= 15 is 0 Å². The molecule has 0 aromatic heterocycles. The van der Waals surface area contributed by atoms with Gasteiger partial charge in [-0.05, 0) is 30.7 Å². The number of carbonyl (C=O) groups excluding carboxylic acids is 1. The fourth-order valence-electron chi connectivity index (χ4n) is 1.57. The lowest BCUT2D eigenvalue weighted by molar-refractivity contribution is -0.149. The first kappa shape index (κ1) is 14.9. The zero-order chi connectivity index (χ0) is 14.4. The summed E-state index contributed by atoms with van der Waals surface area (Å²) in [7, 11) is 1.42. The first-order valence-corrected chi connectivity index (χ1v) is 5.82. The van der Waals surface area contributed by atoms with Crippen molar-refractivity contribution in [2.45, 2.75) is 19.4 Å². The molecule has 1 amide bonds. The first-order valence-electron chi connectivity index (χ1n) is 5.82. The van der Waals surface area contributed by atoms with E-state index in [1.807, 2.05) is 0 Å². The molecule has 0 heterocycles. The molecule has 104 valence electrons. The van der Waals surface area contributed by atoms with E-state index in [9.17, 15) is 14.0 Å². The maximum atomic E-state index is 12.7. The number of hydrogen-bond acceptors (Lipinski definition) is 3. The summed E-state index contributed by atoms with van der Waals surface area (Å²) < 4.78 is 17.8. The number of likely N-dealkylation sites (N-methyl/N-ethyl adjacent to an activating group) is 1. The van der Waals surface area contributed by atoms with Crippen LogP contribution in [0, 0.1) is 5.82 Å². The van der Waals surface area contributed by atoms with Crippen LogP contribution in [0.25, 0.3) is 0 Å². The minimum absolute atomic E-state index is 0.286. The van der Waals surface area contributed by atoms with Gasteiger partial charge in [0.05, 0.1) is 0 Å². The number of amides is 1. The molecule has 0 bridgehead atoms. The van der Waals surface area contributed by atoms with Gasteiger partial charge in [-0.1, -0.05) is 6.92 Å². The van der Waals surface area contributed by atoms with E-state index in [1.165, 1.54) is 31.3 Å². The van der Waals surface area contributed by atoms with E-state index in [1.54, 1.807) is 6.92 Å². The predicted molar refractivity (Wildman–Crippen MR) is 66.4 cm³/mol. The molecule has 5 nitrogen and oxygen atoms in total. The van der Waals surface area contributed by atoms with Gasteiger partial charge in [0.1, 0.15) is 17.6 Å². The summed E-state index contributed by atoms with van der Waals surface area (Å²) in [5.74, 6) is -1.54. The van der Waals surface area contributed by atoms with Gasteiger partial charge >= 0.3 is 5.97 Å². The minimum Gasteiger partial charge on any atom is -0.484 e. The third-order valence-electron chi connectivity index (χ3n) is 2.71. The highest BCUT2D eigenvalue weighted by Crippen LogP contribution is 2.11. The summed E-state index contributed by atoms with van der Waals surface area (Å²) in [6.45, 7) is 1.40. The van der Waals surface area contributed by atoms with E-state index in [4.69, 9.17) is 9.84 Å². The summed E-state index contributed by atoms with van der Waals surface area (Å²) in [5, 5.41) is 8.93. The summed E-state index contributed by atoms with van der Waals surface area (Å²) in [6, 6.07) is 4.36. The Labute approximate surface area is 110 Å². The summed E-state index contributed by atoms with van der Waals surface area (Å²) in [5.41, 5.74) is 0. The van der Waals surface area contributed by atoms with E-state index in [0.29, 0.717) is 12.2 Å². The number of rotatable bonds is 6. The molecule has 0 saturated heterocycles. The van der Waals surface area contributed by atoms with Gasteiger partial charge in [-0.15, -0.1) is 0 Å². The molecule has 0 aliphatic carbocycles. The molecule has 0 saturated carbocycles. The maximum absolute atomic E-state index is 12.7. The molecule has 1 N–H and O–H groups in total. The second-order valence-corrected chi connectivity index (χ2v) is 4.01. The van der Waals surface area contributed by atoms with Crippen molar-refractivity contribution in [3.8, 4) is 5.75 Å². The van der Waals surface area contributed by atoms with Gasteiger partial charge in [0.15, 0.2) is 6.61 Å². The van der Waals surface area contributed by atoms with Gasteiger partial charge in [0, 0.05) is 7.05 Å². The van der Waals surface area contributed by atoms with Crippen LogP contribution in [0.5, 0.6) is 5.75 Å². The van der Waals surface area contributed by atoms with Gasteiger partial charge in [0.25, 0.3) is 5.91 Å². The molecule has 1 aromatic carbocycles. The minimum atomic E-state index is -1.06. The Morgan fingerprint density at radius 2 is 1.95 bits per heavy atom. The average Bonchev–Trinajstić information content (AvgIpc) is 2.38. The quantitative estimate of drug-likeness (QED) is 0.850. The molecule has 1 atom stereocenters. The highest BCUT2D eigenvalue weighted by Gasteiger charge is 2.24. The molecule has 0 fully saturated rings. The number of carboxylic acid groups (broad SMARTS) is 1. The van der Waals surface area contributed by atoms with Crippen molar-refractivity contribution in [2.75, 3.05) is 13.7 Å². The molecule has 0 spiro atoms. The Balaban J connectivity index is 2.55. The van der Waals surface area contributed by atoms with Crippen LogP contribution in [0.1, 0.15) is 13.3 Å². The SMILES string of the molecule is CCC(C(=O)O)N(C)C(=O)COc1ccc(F)cc1. The Hall–Kier alpha value is -2.11. The van der Waals surface area contributed by atoms with Crippen molar-refractivity contribution < 1.29 is 23.8 Å². The Kier molecular flexibility index (Phi) is 5.29. The largest absolute Gasteiger partial charge is 0.484 e. The molecule has 6 heteroatoms. The van der Waals surface area contributed by atoms with Crippen molar-refractivity contribution in [2.24, 2.45) is 0 Å². The summed E-state index contributed by atoms with van der Waals surface area (Å²) >= 11 is 0. The molecule has 0 aliphatic heterocycles. The lowest BCUT2D eigenvalue weighted by atomic mass is 10.2. The van der Waals surface area contributed by atoms with Crippen molar-refractivity contribution >= 4 is 11.9 Å². The van der Waals surface area contributed by atoms with Crippen LogP contribution in [-0.2, 0) is 9.59 Å². The number of hydrogen-bond donors (Lipinski definition) is 1. The summed E-state index contributed by atoms with van der Waals surface area (Å²) in [4.78, 5) is 23.8. The van der Waals surface area contributed by atoms with Crippen molar-refractivity contribution in [1.29, 1.82) is 0 Å². The van der Waals surface area contributed by atoms with Crippen molar-refractivity contribution in [3.63, 3.8) is 0 Å². The van der Waals surface area contributed by atoms with E-state index in [0.717, 1.165) is 4.90 Å². The molecule has 1 unspecified atom stereocenters. The number of carboxylic acids is 1. The number of halogens is 1. The highest BCUT2D eigenvalue weighted by atomic mass is 19.1. The van der Waals surface area contributed by atoms with Crippen molar-refractivity contribution in [1.82, 2.24) is 4.90 Å². The van der Waals surface area contributed by atoms with E-state index in [2.05, 4.69) is 0 Å². The monoisotopic (exact) mass is 269 g/mol. The lowest BCUT2D eigenvalue weighted by Gasteiger charge is -2.23. The predicted octanol–water partition coefficient (Wildman–Crippen LogP) is 1.53. The molecule has 0 aliphatic rings. The van der Waals surface area contributed by atoms with Crippen LogP contribution in [-0.4, -0.2) is 41.6 Å². The van der Waals surface area contributed by atoms with Crippen LogP contribution in [0.3, 0.4) is 0 Å². The van der Waals surface area contributed by atoms with Crippen LogP contribution in [0.15, 0.2) is 24.3 Å². The van der Waals surface area contributed by atoms with Crippen LogP contribution in [0.4, 0.5) is 4.39 Å². The number of nitrogens with zero attached hydrogens (tertiary/aromatic N) is 1. The van der Waals surface area contributed by atoms with Gasteiger partial charge < -0.3 is 14.7 Å². The fraction of sp³-hybridized carbons (Fsp3) is 0.385. The number of carbonyl (C=O) groups is 2. The Morgan fingerprint density at radius 1 is 1.37 bits per heavy atom. The average molecular weight is 269 g/mol. The van der Waals surface area contributed by atoms with Crippen molar-refractivity contribution in [3.05, 3.63) is 30.1 Å². The highest BCUT2D eigenvalue weighted by molar-refractivity contribution is 5.84. The smallest absolute Gasteiger partial charge is 0.326 e. The third kappa shape index (κ3) is 4.24. The van der Waals surface area contributed by atoms with Gasteiger partial charge in [-0.2, -0.15) is 0 Å². The lowest BCUT2D eigenvalue weighted by Crippen LogP contribution is -2.44. The van der Waals surface area contributed by atoms with Gasteiger partial charge in [0.2, 0.25) is 0 Å². The zero-order valence-corrected chi connectivity index (χ0v) is 10.8. The number of aliphatic carboxylic acids is 1. The normalized spacial score (nSPS) is 11.7.